The molecule has 3 rings (SSSR count). The van der Waals surface area contributed by atoms with Gasteiger partial charge >= 0.3 is 0 Å². The van der Waals surface area contributed by atoms with Crippen molar-refractivity contribution in [3.8, 4) is 16.9 Å². The Kier molecular flexibility index (Phi) is 3.26. The molecule has 1 aliphatic rings. The molecule has 0 saturated carbocycles. The predicted octanol–water partition coefficient (Wildman–Crippen LogP) is 3.32. The third-order valence-electron chi connectivity index (χ3n) is 3.75. The van der Waals surface area contributed by atoms with Gasteiger partial charge in [-0.3, -0.25) is 0 Å². The maximum absolute atomic E-state index is 5.23. The summed E-state index contributed by atoms with van der Waals surface area (Å²) in [6.07, 6.45) is 1.11. The van der Waals surface area contributed by atoms with E-state index in [0.717, 1.165) is 25.3 Å². The minimum Gasteiger partial charge on any atom is -0.497 e. The highest BCUT2D eigenvalue weighted by Crippen LogP contribution is 2.31. The lowest BCUT2D eigenvalue weighted by Crippen LogP contribution is -2.24. The molecule has 0 amide bonds. The number of hydrogen-bond donors (Lipinski definition) is 1. The lowest BCUT2D eigenvalue weighted by molar-refractivity contribution is 0.415. The molecule has 19 heavy (non-hydrogen) atoms. The van der Waals surface area contributed by atoms with E-state index in [9.17, 15) is 0 Å². The molecule has 0 saturated heterocycles. The standard InChI is InChI=1S/C17H19NO/c1-12-9-14-11-18-8-7-16(14)17(10-12)13-3-5-15(19-2)6-4-13/h3-6,9-10,18H,7-8,11H2,1-2H3. The van der Waals surface area contributed by atoms with Crippen LogP contribution < -0.4 is 10.1 Å². The first kappa shape index (κ1) is 12.2. The van der Waals surface area contributed by atoms with Gasteiger partial charge in [0.15, 0.2) is 0 Å². The molecule has 0 spiro atoms. The fraction of sp³-hybridized carbons (Fsp3) is 0.294. The topological polar surface area (TPSA) is 21.3 Å². The van der Waals surface area contributed by atoms with Gasteiger partial charge in [-0.25, -0.2) is 0 Å². The Bertz CT molecular complexity index is 587. The third kappa shape index (κ3) is 2.36. The molecule has 0 atom stereocenters. The zero-order valence-corrected chi connectivity index (χ0v) is 11.5. The number of benzene rings is 2. The van der Waals surface area contributed by atoms with Crippen LogP contribution in [0, 0.1) is 6.92 Å². The monoisotopic (exact) mass is 253 g/mol. The van der Waals surface area contributed by atoms with E-state index in [1.165, 1.54) is 27.8 Å². The summed E-state index contributed by atoms with van der Waals surface area (Å²) in [4.78, 5) is 0. The lowest BCUT2D eigenvalue weighted by atomic mass is 9.89. The van der Waals surface area contributed by atoms with Crippen LogP contribution in [0.1, 0.15) is 16.7 Å². The smallest absolute Gasteiger partial charge is 0.118 e. The summed E-state index contributed by atoms with van der Waals surface area (Å²) in [5.74, 6) is 0.909. The maximum Gasteiger partial charge on any atom is 0.118 e. The van der Waals surface area contributed by atoms with Crippen molar-refractivity contribution in [2.24, 2.45) is 0 Å². The van der Waals surface area contributed by atoms with Crippen LogP contribution in [0.2, 0.25) is 0 Å². The van der Waals surface area contributed by atoms with Crippen molar-refractivity contribution in [3.05, 3.63) is 53.1 Å². The first-order valence-corrected chi connectivity index (χ1v) is 6.75. The maximum atomic E-state index is 5.23. The van der Waals surface area contributed by atoms with E-state index in [-0.39, 0.29) is 0 Å². The number of methoxy groups -OCH3 is 1. The van der Waals surface area contributed by atoms with E-state index in [2.05, 4.69) is 36.5 Å². The summed E-state index contributed by atoms with van der Waals surface area (Å²) >= 11 is 0. The summed E-state index contributed by atoms with van der Waals surface area (Å²) < 4.78 is 5.23. The summed E-state index contributed by atoms with van der Waals surface area (Å²) in [6.45, 7) is 4.22. The fourth-order valence-electron chi connectivity index (χ4n) is 2.81. The number of nitrogens with one attached hydrogen (secondary N) is 1. The average molecular weight is 253 g/mol. The molecular formula is C17H19NO. The second kappa shape index (κ2) is 5.06. The van der Waals surface area contributed by atoms with Crippen molar-refractivity contribution in [2.75, 3.05) is 13.7 Å². The van der Waals surface area contributed by atoms with Crippen LogP contribution in [0.5, 0.6) is 5.75 Å². The summed E-state index contributed by atoms with van der Waals surface area (Å²) in [5.41, 5.74) is 6.92. The predicted molar refractivity (Wildman–Crippen MR) is 78.6 cm³/mol. The first-order valence-electron chi connectivity index (χ1n) is 6.75. The Hall–Kier alpha value is -1.80. The van der Waals surface area contributed by atoms with Crippen molar-refractivity contribution in [2.45, 2.75) is 19.9 Å². The largest absolute Gasteiger partial charge is 0.497 e. The summed E-state index contributed by atoms with van der Waals surface area (Å²) in [5, 5.41) is 3.45. The number of aryl methyl sites for hydroxylation is 1. The highest BCUT2D eigenvalue weighted by molar-refractivity contribution is 5.70. The number of hydrogen-bond acceptors (Lipinski definition) is 2. The Labute approximate surface area is 114 Å². The van der Waals surface area contributed by atoms with Crippen LogP contribution >= 0.6 is 0 Å². The molecule has 2 aromatic rings. The molecule has 2 heteroatoms. The molecule has 1 aliphatic heterocycles. The number of rotatable bonds is 2. The Morgan fingerprint density at radius 1 is 1.11 bits per heavy atom. The normalized spacial score (nSPS) is 14.0. The Morgan fingerprint density at radius 2 is 1.89 bits per heavy atom. The second-order valence-electron chi connectivity index (χ2n) is 5.11. The molecule has 1 heterocycles. The molecule has 0 aromatic heterocycles. The minimum absolute atomic E-state index is 0.909. The van der Waals surface area contributed by atoms with Gasteiger partial charge in [0.05, 0.1) is 7.11 Å². The molecular weight excluding hydrogens is 234 g/mol. The van der Waals surface area contributed by atoms with Gasteiger partial charge in [-0.2, -0.15) is 0 Å². The number of ether oxygens (including phenoxy) is 1. The van der Waals surface area contributed by atoms with Gasteiger partial charge in [0, 0.05) is 6.54 Å². The zero-order chi connectivity index (χ0) is 13.2. The van der Waals surface area contributed by atoms with Gasteiger partial charge in [0.25, 0.3) is 0 Å². The summed E-state index contributed by atoms with van der Waals surface area (Å²) in [7, 11) is 1.70. The average Bonchev–Trinajstić information content (AvgIpc) is 2.46. The Balaban J connectivity index is 2.10. The molecule has 2 aromatic carbocycles. The van der Waals surface area contributed by atoms with Gasteiger partial charge in [0.1, 0.15) is 5.75 Å². The lowest BCUT2D eigenvalue weighted by Gasteiger charge is -2.21. The van der Waals surface area contributed by atoms with Crippen molar-refractivity contribution >= 4 is 0 Å². The van der Waals surface area contributed by atoms with E-state index in [0.29, 0.717) is 0 Å². The van der Waals surface area contributed by atoms with Gasteiger partial charge < -0.3 is 10.1 Å². The minimum atomic E-state index is 0.909. The molecule has 0 unspecified atom stereocenters. The van der Waals surface area contributed by atoms with Crippen LogP contribution in [-0.2, 0) is 13.0 Å². The van der Waals surface area contributed by atoms with E-state index < -0.39 is 0 Å². The fourth-order valence-corrected chi connectivity index (χ4v) is 2.81. The Morgan fingerprint density at radius 3 is 2.63 bits per heavy atom. The zero-order valence-electron chi connectivity index (χ0n) is 11.5. The van der Waals surface area contributed by atoms with Crippen molar-refractivity contribution in [1.29, 1.82) is 0 Å². The quantitative estimate of drug-likeness (QED) is 0.886. The van der Waals surface area contributed by atoms with Crippen LogP contribution in [-0.4, -0.2) is 13.7 Å². The van der Waals surface area contributed by atoms with Gasteiger partial charge in [0.2, 0.25) is 0 Å². The summed E-state index contributed by atoms with van der Waals surface area (Å²) in [6, 6.07) is 13.0. The van der Waals surface area contributed by atoms with Crippen molar-refractivity contribution in [1.82, 2.24) is 5.32 Å². The van der Waals surface area contributed by atoms with Crippen LogP contribution in [0.25, 0.3) is 11.1 Å². The first-order chi connectivity index (χ1) is 9.28. The molecule has 98 valence electrons. The molecule has 1 N–H and O–H groups in total. The molecule has 2 nitrogen and oxygen atoms in total. The van der Waals surface area contributed by atoms with E-state index >= 15 is 0 Å². The van der Waals surface area contributed by atoms with Crippen LogP contribution in [0.15, 0.2) is 36.4 Å². The molecule has 0 radical (unpaired) electrons. The van der Waals surface area contributed by atoms with E-state index in [1.54, 1.807) is 7.11 Å². The van der Waals surface area contributed by atoms with Crippen molar-refractivity contribution < 1.29 is 4.74 Å². The highest BCUT2D eigenvalue weighted by Gasteiger charge is 2.14. The molecule has 0 aliphatic carbocycles. The van der Waals surface area contributed by atoms with Crippen molar-refractivity contribution in [3.63, 3.8) is 0 Å². The van der Waals surface area contributed by atoms with Gasteiger partial charge in [-0.1, -0.05) is 29.8 Å². The third-order valence-corrected chi connectivity index (χ3v) is 3.75. The second-order valence-corrected chi connectivity index (χ2v) is 5.11. The van der Waals surface area contributed by atoms with Gasteiger partial charge in [-0.15, -0.1) is 0 Å². The van der Waals surface area contributed by atoms with E-state index in [4.69, 9.17) is 4.74 Å². The van der Waals surface area contributed by atoms with Crippen LogP contribution in [0.3, 0.4) is 0 Å². The van der Waals surface area contributed by atoms with Crippen LogP contribution in [0.4, 0.5) is 0 Å². The molecule has 0 bridgehead atoms. The van der Waals surface area contributed by atoms with Gasteiger partial charge in [-0.05, 0) is 54.3 Å². The highest BCUT2D eigenvalue weighted by atomic mass is 16.5. The van der Waals surface area contributed by atoms with E-state index in [1.807, 2.05) is 12.1 Å². The molecule has 0 fully saturated rings. The SMILES string of the molecule is COc1ccc(-c2cc(C)cc3c2CCNC3)cc1. The number of fused-ring (bicyclic) bond motifs is 1.